The van der Waals surface area contributed by atoms with Crippen molar-refractivity contribution in [3.63, 3.8) is 0 Å². The number of benzene rings is 1. The summed E-state index contributed by atoms with van der Waals surface area (Å²) in [6.07, 6.45) is 2.45. The van der Waals surface area contributed by atoms with Crippen LogP contribution in [0.1, 0.15) is 18.4 Å². The highest BCUT2D eigenvalue weighted by molar-refractivity contribution is 9.10. The SMILES string of the molecule is NCc1cc(Br)cc(N(CCO)C2CC2)c1. The average Bonchev–Trinajstić information content (AvgIpc) is 3.08. The van der Waals surface area contributed by atoms with Gasteiger partial charge in [0.05, 0.1) is 6.61 Å². The van der Waals surface area contributed by atoms with Crippen molar-refractivity contribution >= 4 is 21.6 Å². The normalized spacial score (nSPS) is 15.2. The summed E-state index contributed by atoms with van der Waals surface area (Å²) in [5.74, 6) is 0. The van der Waals surface area contributed by atoms with Gasteiger partial charge in [-0.3, -0.25) is 0 Å². The van der Waals surface area contributed by atoms with E-state index in [1.165, 1.54) is 12.8 Å². The van der Waals surface area contributed by atoms with Crippen molar-refractivity contribution in [1.29, 1.82) is 0 Å². The van der Waals surface area contributed by atoms with Crippen LogP contribution >= 0.6 is 15.9 Å². The van der Waals surface area contributed by atoms with Gasteiger partial charge in [-0.05, 0) is 36.6 Å². The Morgan fingerprint density at radius 2 is 2.12 bits per heavy atom. The molecule has 0 aromatic heterocycles. The maximum atomic E-state index is 9.09. The van der Waals surface area contributed by atoms with Crippen LogP contribution in [-0.2, 0) is 6.54 Å². The third kappa shape index (κ3) is 2.75. The molecule has 0 amide bonds. The first-order valence-electron chi connectivity index (χ1n) is 5.61. The number of halogens is 1. The molecule has 0 radical (unpaired) electrons. The molecule has 1 saturated carbocycles. The molecule has 1 fully saturated rings. The molecule has 0 atom stereocenters. The third-order valence-corrected chi connectivity index (χ3v) is 3.30. The number of rotatable bonds is 5. The quantitative estimate of drug-likeness (QED) is 0.868. The van der Waals surface area contributed by atoms with Gasteiger partial charge in [-0.2, -0.15) is 0 Å². The molecular weight excluding hydrogens is 268 g/mol. The number of aliphatic hydroxyl groups is 1. The zero-order valence-electron chi connectivity index (χ0n) is 9.19. The third-order valence-electron chi connectivity index (χ3n) is 2.84. The number of aliphatic hydroxyl groups excluding tert-OH is 1. The Kier molecular flexibility index (Phi) is 3.84. The number of anilines is 1. The van der Waals surface area contributed by atoms with E-state index in [2.05, 4.69) is 33.0 Å². The summed E-state index contributed by atoms with van der Waals surface area (Å²) in [7, 11) is 0. The van der Waals surface area contributed by atoms with Gasteiger partial charge in [-0.25, -0.2) is 0 Å². The van der Waals surface area contributed by atoms with Crippen LogP contribution in [0, 0.1) is 0 Å². The molecule has 3 N–H and O–H groups in total. The lowest BCUT2D eigenvalue weighted by atomic mass is 10.2. The number of nitrogens with zero attached hydrogens (tertiary/aromatic N) is 1. The highest BCUT2D eigenvalue weighted by atomic mass is 79.9. The second-order valence-corrected chi connectivity index (χ2v) is 5.09. The minimum absolute atomic E-state index is 0.195. The lowest BCUT2D eigenvalue weighted by molar-refractivity contribution is 0.301. The van der Waals surface area contributed by atoms with Crippen LogP contribution in [0.25, 0.3) is 0 Å². The molecule has 0 bridgehead atoms. The molecule has 4 heteroatoms. The molecule has 2 rings (SSSR count). The highest BCUT2D eigenvalue weighted by Crippen LogP contribution is 2.33. The average molecular weight is 285 g/mol. The summed E-state index contributed by atoms with van der Waals surface area (Å²) in [4.78, 5) is 2.27. The summed E-state index contributed by atoms with van der Waals surface area (Å²) in [6.45, 7) is 1.44. The lowest BCUT2D eigenvalue weighted by Crippen LogP contribution is -2.29. The van der Waals surface area contributed by atoms with Crippen molar-refractivity contribution in [3.05, 3.63) is 28.2 Å². The van der Waals surface area contributed by atoms with Crippen LogP contribution in [0.5, 0.6) is 0 Å². The predicted octanol–water partition coefficient (Wildman–Crippen LogP) is 1.87. The minimum atomic E-state index is 0.195. The fourth-order valence-electron chi connectivity index (χ4n) is 1.93. The van der Waals surface area contributed by atoms with Gasteiger partial charge in [-0.1, -0.05) is 15.9 Å². The van der Waals surface area contributed by atoms with Gasteiger partial charge in [0.25, 0.3) is 0 Å². The van der Waals surface area contributed by atoms with Gasteiger partial charge in [0, 0.05) is 29.3 Å². The van der Waals surface area contributed by atoms with E-state index >= 15 is 0 Å². The molecule has 1 aliphatic rings. The molecule has 0 aliphatic heterocycles. The first kappa shape index (κ1) is 11.9. The number of hydrogen-bond donors (Lipinski definition) is 2. The Hall–Kier alpha value is -0.580. The Morgan fingerprint density at radius 1 is 1.38 bits per heavy atom. The molecule has 0 heterocycles. The molecular formula is C12H17BrN2O. The van der Waals surface area contributed by atoms with Crippen molar-refractivity contribution in [2.75, 3.05) is 18.1 Å². The van der Waals surface area contributed by atoms with Crippen LogP contribution in [0.2, 0.25) is 0 Å². The summed E-state index contributed by atoms with van der Waals surface area (Å²) in [6, 6.07) is 6.84. The van der Waals surface area contributed by atoms with E-state index in [1.54, 1.807) is 0 Å². The lowest BCUT2D eigenvalue weighted by Gasteiger charge is -2.24. The second kappa shape index (κ2) is 5.17. The zero-order chi connectivity index (χ0) is 11.5. The Bertz CT molecular complexity index is 366. The summed E-state index contributed by atoms with van der Waals surface area (Å²) in [5.41, 5.74) is 7.94. The van der Waals surface area contributed by atoms with E-state index in [1.807, 2.05) is 6.07 Å². The fraction of sp³-hybridized carbons (Fsp3) is 0.500. The largest absolute Gasteiger partial charge is 0.395 e. The molecule has 0 saturated heterocycles. The second-order valence-electron chi connectivity index (χ2n) is 4.17. The standard InChI is InChI=1S/C12H17BrN2O/c13-10-5-9(8-14)6-12(7-10)15(3-4-16)11-1-2-11/h5-7,11,16H,1-4,8,14H2. The Balaban J connectivity index is 2.25. The van der Waals surface area contributed by atoms with Crippen LogP contribution < -0.4 is 10.6 Å². The van der Waals surface area contributed by atoms with Gasteiger partial charge >= 0.3 is 0 Å². The van der Waals surface area contributed by atoms with Crippen molar-refractivity contribution in [2.24, 2.45) is 5.73 Å². The zero-order valence-corrected chi connectivity index (χ0v) is 10.8. The maximum absolute atomic E-state index is 9.09. The van der Waals surface area contributed by atoms with Gasteiger partial charge in [0.2, 0.25) is 0 Å². The molecule has 0 spiro atoms. The molecule has 1 aliphatic carbocycles. The first-order chi connectivity index (χ1) is 7.74. The Morgan fingerprint density at radius 3 is 2.69 bits per heavy atom. The first-order valence-corrected chi connectivity index (χ1v) is 6.41. The molecule has 0 unspecified atom stereocenters. The number of nitrogens with two attached hydrogens (primary N) is 1. The maximum Gasteiger partial charge on any atom is 0.0606 e. The van der Waals surface area contributed by atoms with E-state index in [0.717, 1.165) is 15.7 Å². The van der Waals surface area contributed by atoms with Crippen molar-refractivity contribution in [2.45, 2.75) is 25.4 Å². The number of hydrogen-bond acceptors (Lipinski definition) is 3. The van der Waals surface area contributed by atoms with Crippen molar-refractivity contribution in [3.8, 4) is 0 Å². The predicted molar refractivity (Wildman–Crippen MR) is 69.5 cm³/mol. The van der Waals surface area contributed by atoms with E-state index in [4.69, 9.17) is 10.8 Å². The highest BCUT2D eigenvalue weighted by Gasteiger charge is 2.29. The van der Waals surface area contributed by atoms with Crippen molar-refractivity contribution in [1.82, 2.24) is 0 Å². The van der Waals surface area contributed by atoms with Gasteiger partial charge < -0.3 is 15.7 Å². The smallest absolute Gasteiger partial charge is 0.0606 e. The summed E-state index contributed by atoms with van der Waals surface area (Å²) in [5, 5.41) is 9.09. The van der Waals surface area contributed by atoms with E-state index < -0.39 is 0 Å². The van der Waals surface area contributed by atoms with Crippen molar-refractivity contribution < 1.29 is 5.11 Å². The van der Waals surface area contributed by atoms with E-state index in [0.29, 0.717) is 19.1 Å². The van der Waals surface area contributed by atoms with E-state index in [9.17, 15) is 0 Å². The van der Waals surface area contributed by atoms with Gasteiger partial charge in [0.1, 0.15) is 0 Å². The summed E-state index contributed by atoms with van der Waals surface area (Å²) >= 11 is 3.50. The molecule has 3 nitrogen and oxygen atoms in total. The van der Waals surface area contributed by atoms with Crippen LogP contribution in [0.4, 0.5) is 5.69 Å². The van der Waals surface area contributed by atoms with E-state index in [-0.39, 0.29) is 6.61 Å². The molecule has 1 aromatic rings. The minimum Gasteiger partial charge on any atom is -0.395 e. The molecule has 1 aromatic carbocycles. The molecule has 88 valence electrons. The topological polar surface area (TPSA) is 49.5 Å². The van der Waals surface area contributed by atoms with Crippen LogP contribution in [0.3, 0.4) is 0 Å². The fourth-order valence-corrected chi connectivity index (χ4v) is 2.46. The summed E-state index contributed by atoms with van der Waals surface area (Å²) < 4.78 is 1.05. The van der Waals surface area contributed by atoms with Gasteiger partial charge in [-0.15, -0.1) is 0 Å². The molecule has 16 heavy (non-hydrogen) atoms. The van der Waals surface area contributed by atoms with Crippen LogP contribution in [-0.4, -0.2) is 24.3 Å². The van der Waals surface area contributed by atoms with Crippen LogP contribution in [0.15, 0.2) is 22.7 Å². The monoisotopic (exact) mass is 284 g/mol. The van der Waals surface area contributed by atoms with Gasteiger partial charge in [0.15, 0.2) is 0 Å². The Labute approximate surface area is 104 Å².